The Bertz CT molecular complexity index is 304. The highest BCUT2D eigenvalue weighted by Crippen LogP contribution is 2.11. The van der Waals surface area contributed by atoms with Crippen molar-refractivity contribution < 1.29 is 14.2 Å². The van der Waals surface area contributed by atoms with Crippen LogP contribution in [0.1, 0.15) is 13.3 Å². The van der Waals surface area contributed by atoms with E-state index in [1.165, 1.54) is 0 Å². The van der Waals surface area contributed by atoms with Crippen LogP contribution in [0.25, 0.3) is 0 Å². The minimum atomic E-state index is 0.637. The molecule has 0 aliphatic carbocycles. The lowest BCUT2D eigenvalue weighted by molar-refractivity contribution is 0.0705. The molecule has 1 rings (SSSR count). The van der Waals surface area contributed by atoms with E-state index in [2.05, 4.69) is 10.3 Å². The van der Waals surface area contributed by atoms with Crippen LogP contribution in [0.5, 0.6) is 5.88 Å². The lowest BCUT2D eigenvalue weighted by Gasteiger charge is -2.07. The maximum Gasteiger partial charge on any atom is 0.213 e. The van der Waals surface area contributed by atoms with E-state index in [9.17, 15) is 0 Å². The van der Waals surface area contributed by atoms with Gasteiger partial charge in [-0.15, -0.1) is 0 Å². The van der Waals surface area contributed by atoms with E-state index in [1.807, 2.05) is 19.1 Å². The summed E-state index contributed by atoms with van der Waals surface area (Å²) in [5, 5.41) is 3.28. The summed E-state index contributed by atoms with van der Waals surface area (Å²) in [5.74, 6) is 0.658. The number of hydrogen-bond donors (Lipinski definition) is 1. The second kappa shape index (κ2) is 9.67. The summed E-state index contributed by atoms with van der Waals surface area (Å²) < 4.78 is 15.5. The van der Waals surface area contributed by atoms with Gasteiger partial charge in [-0.3, -0.25) is 0 Å². The van der Waals surface area contributed by atoms with Gasteiger partial charge in [-0.25, -0.2) is 4.98 Å². The predicted octanol–water partition coefficient (Wildman–Crippen LogP) is 1.95. The summed E-state index contributed by atoms with van der Waals surface area (Å²) in [6.45, 7) is 5.48. The van der Waals surface area contributed by atoms with Gasteiger partial charge in [0.2, 0.25) is 5.88 Å². The smallest absolute Gasteiger partial charge is 0.213 e. The molecule has 1 heterocycles. The maximum atomic E-state index is 5.36. The SMILES string of the molecule is CCOc1ccc(NCCCOCCOC)cn1. The third-order valence-corrected chi connectivity index (χ3v) is 2.25. The van der Waals surface area contributed by atoms with Crippen molar-refractivity contribution in [1.29, 1.82) is 0 Å². The fraction of sp³-hybridized carbons (Fsp3) is 0.615. The molecule has 0 radical (unpaired) electrons. The van der Waals surface area contributed by atoms with Crippen LogP contribution in [0.15, 0.2) is 18.3 Å². The van der Waals surface area contributed by atoms with Gasteiger partial charge >= 0.3 is 0 Å². The second-order valence-electron chi connectivity index (χ2n) is 3.70. The Hall–Kier alpha value is -1.33. The quantitative estimate of drug-likeness (QED) is 0.647. The van der Waals surface area contributed by atoms with Gasteiger partial charge < -0.3 is 19.5 Å². The normalized spacial score (nSPS) is 10.3. The highest BCUT2D eigenvalue weighted by molar-refractivity contribution is 5.41. The molecule has 0 unspecified atom stereocenters. The Morgan fingerprint density at radius 3 is 2.78 bits per heavy atom. The number of anilines is 1. The topological polar surface area (TPSA) is 52.6 Å². The molecule has 0 fully saturated rings. The van der Waals surface area contributed by atoms with Crippen molar-refractivity contribution in [3.63, 3.8) is 0 Å². The molecule has 1 N–H and O–H groups in total. The van der Waals surface area contributed by atoms with Crippen molar-refractivity contribution in [2.45, 2.75) is 13.3 Å². The van der Waals surface area contributed by atoms with Gasteiger partial charge in [0.05, 0.1) is 31.7 Å². The Morgan fingerprint density at radius 2 is 2.11 bits per heavy atom. The summed E-state index contributed by atoms with van der Waals surface area (Å²) in [6, 6.07) is 3.82. The molecule has 0 amide bonds. The number of aromatic nitrogens is 1. The van der Waals surface area contributed by atoms with Gasteiger partial charge in [0.15, 0.2) is 0 Å². The molecule has 0 saturated heterocycles. The van der Waals surface area contributed by atoms with E-state index in [1.54, 1.807) is 13.3 Å². The van der Waals surface area contributed by atoms with Crippen molar-refractivity contribution >= 4 is 5.69 Å². The fourth-order valence-corrected chi connectivity index (χ4v) is 1.37. The van der Waals surface area contributed by atoms with E-state index in [-0.39, 0.29) is 0 Å². The van der Waals surface area contributed by atoms with Gasteiger partial charge in [-0.2, -0.15) is 0 Å². The molecular weight excluding hydrogens is 232 g/mol. The number of rotatable bonds is 10. The Kier molecular flexibility index (Phi) is 7.92. The highest BCUT2D eigenvalue weighted by atomic mass is 16.5. The summed E-state index contributed by atoms with van der Waals surface area (Å²) in [4.78, 5) is 4.18. The van der Waals surface area contributed by atoms with Crippen LogP contribution in [-0.2, 0) is 9.47 Å². The molecular formula is C13H22N2O3. The highest BCUT2D eigenvalue weighted by Gasteiger charge is 1.95. The molecule has 5 nitrogen and oxygen atoms in total. The first-order valence-electron chi connectivity index (χ1n) is 6.26. The Morgan fingerprint density at radius 1 is 1.22 bits per heavy atom. The summed E-state index contributed by atoms with van der Waals surface area (Å²) in [5.41, 5.74) is 0.996. The van der Waals surface area contributed by atoms with Crippen LogP contribution >= 0.6 is 0 Å². The molecule has 18 heavy (non-hydrogen) atoms. The summed E-state index contributed by atoms with van der Waals surface area (Å²) in [6.07, 6.45) is 2.73. The molecule has 0 aliphatic rings. The molecule has 0 atom stereocenters. The standard InChI is InChI=1S/C13H22N2O3/c1-3-18-13-6-5-12(11-15-13)14-7-4-8-17-10-9-16-2/h5-6,11,14H,3-4,7-10H2,1-2H3. The number of pyridine rings is 1. The number of methoxy groups -OCH3 is 1. The molecule has 102 valence electrons. The maximum absolute atomic E-state index is 5.36. The average Bonchev–Trinajstić information content (AvgIpc) is 2.40. The lowest BCUT2D eigenvalue weighted by atomic mass is 10.4. The third kappa shape index (κ3) is 6.42. The van der Waals surface area contributed by atoms with Gasteiger partial charge in [0.25, 0.3) is 0 Å². The molecule has 1 aromatic rings. The largest absolute Gasteiger partial charge is 0.478 e. The van der Waals surface area contributed by atoms with E-state index < -0.39 is 0 Å². The van der Waals surface area contributed by atoms with Gasteiger partial charge in [0.1, 0.15) is 0 Å². The molecule has 0 aromatic carbocycles. The lowest BCUT2D eigenvalue weighted by Crippen LogP contribution is -2.08. The monoisotopic (exact) mass is 254 g/mol. The number of nitrogens with one attached hydrogen (secondary N) is 1. The molecule has 5 heteroatoms. The van der Waals surface area contributed by atoms with E-state index in [0.717, 1.165) is 25.3 Å². The first-order chi connectivity index (χ1) is 8.86. The van der Waals surface area contributed by atoms with Crippen LogP contribution in [0.4, 0.5) is 5.69 Å². The minimum absolute atomic E-state index is 0.637. The van der Waals surface area contributed by atoms with E-state index >= 15 is 0 Å². The Balaban J connectivity index is 2.08. The van der Waals surface area contributed by atoms with Crippen LogP contribution in [0.3, 0.4) is 0 Å². The molecule has 0 saturated carbocycles. The number of hydrogen-bond acceptors (Lipinski definition) is 5. The zero-order chi connectivity index (χ0) is 13.1. The van der Waals surface area contributed by atoms with Crippen molar-refractivity contribution in [1.82, 2.24) is 4.98 Å². The van der Waals surface area contributed by atoms with Gasteiger partial charge in [-0.1, -0.05) is 0 Å². The number of nitrogens with zero attached hydrogens (tertiary/aromatic N) is 1. The molecule has 0 bridgehead atoms. The second-order valence-corrected chi connectivity index (χ2v) is 3.70. The van der Waals surface area contributed by atoms with Gasteiger partial charge in [-0.05, 0) is 19.4 Å². The van der Waals surface area contributed by atoms with E-state index in [4.69, 9.17) is 14.2 Å². The van der Waals surface area contributed by atoms with Crippen LogP contribution < -0.4 is 10.1 Å². The molecule has 0 aliphatic heterocycles. The van der Waals surface area contributed by atoms with Crippen molar-refractivity contribution in [3.8, 4) is 5.88 Å². The Labute approximate surface area is 108 Å². The third-order valence-electron chi connectivity index (χ3n) is 2.25. The number of ether oxygens (including phenoxy) is 3. The molecule has 0 spiro atoms. The van der Waals surface area contributed by atoms with Crippen molar-refractivity contribution in [3.05, 3.63) is 18.3 Å². The van der Waals surface area contributed by atoms with Gasteiger partial charge in [0, 0.05) is 26.3 Å². The first-order valence-corrected chi connectivity index (χ1v) is 6.26. The average molecular weight is 254 g/mol. The summed E-state index contributed by atoms with van der Waals surface area (Å²) >= 11 is 0. The first kappa shape index (κ1) is 14.7. The predicted molar refractivity (Wildman–Crippen MR) is 71.2 cm³/mol. The minimum Gasteiger partial charge on any atom is -0.478 e. The van der Waals surface area contributed by atoms with Crippen molar-refractivity contribution in [2.24, 2.45) is 0 Å². The van der Waals surface area contributed by atoms with Crippen LogP contribution in [-0.4, -0.2) is 45.1 Å². The zero-order valence-corrected chi connectivity index (χ0v) is 11.1. The molecule has 1 aromatic heterocycles. The zero-order valence-electron chi connectivity index (χ0n) is 11.1. The van der Waals surface area contributed by atoms with Crippen LogP contribution in [0, 0.1) is 0 Å². The van der Waals surface area contributed by atoms with E-state index in [0.29, 0.717) is 25.7 Å². The summed E-state index contributed by atoms with van der Waals surface area (Å²) in [7, 11) is 1.67. The fourth-order valence-electron chi connectivity index (χ4n) is 1.37. The van der Waals surface area contributed by atoms with Crippen LogP contribution in [0.2, 0.25) is 0 Å². The van der Waals surface area contributed by atoms with Crippen molar-refractivity contribution in [2.75, 3.05) is 45.4 Å².